The fourth-order valence-corrected chi connectivity index (χ4v) is 3.07. The second kappa shape index (κ2) is 9.87. The van der Waals surface area contributed by atoms with Crippen molar-refractivity contribution in [2.75, 3.05) is 20.3 Å². The molecule has 0 saturated carbocycles. The van der Waals surface area contributed by atoms with Gasteiger partial charge in [-0.25, -0.2) is 0 Å². The molecule has 0 spiro atoms. The number of benzene rings is 2. The molecule has 0 bridgehead atoms. The van der Waals surface area contributed by atoms with Crippen LogP contribution in [0.15, 0.2) is 52.9 Å². The summed E-state index contributed by atoms with van der Waals surface area (Å²) >= 11 is 0. The second-order valence-electron chi connectivity index (χ2n) is 6.65. The van der Waals surface area contributed by atoms with Crippen molar-refractivity contribution in [2.45, 2.75) is 32.7 Å². The lowest BCUT2D eigenvalue weighted by atomic mass is 10.2. The SMILES string of the molecule is CCOc1ccccc1OCCCC(=O)NC(C)c1cc2cccc(OC)c2o1. The average molecular weight is 397 g/mol. The molecule has 3 rings (SSSR count). The molecule has 1 N–H and O–H groups in total. The number of para-hydroxylation sites is 3. The van der Waals surface area contributed by atoms with Crippen molar-refractivity contribution in [3.05, 3.63) is 54.3 Å². The molecule has 1 atom stereocenters. The van der Waals surface area contributed by atoms with E-state index < -0.39 is 0 Å². The van der Waals surface area contributed by atoms with E-state index in [0.29, 0.717) is 54.6 Å². The normalized spacial score (nSPS) is 11.8. The minimum Gasteiger partial charge on any atom is -0.493 e. The summed E-state index contributed by atoms with van der Waals surface area (Å²) < 4.78 is 22.5. The van der Waals surface area contributed by atoms with E-state index in [1.165, 1.54) is 0 Å². The number of carbonyl (C=O) groups is 1. The van der Waals surface area contributed by atoms with Crippen molar-refractivity contribution in [3.8, 4) is 17.2 Å². The highest BCUT2D eigenvalue weighted by Crippen LogP contribution is 2.31. The summed E-state index contributed by atoms with van der Waals surface area (Å²) in [5.41, 5.74) is 0.687. The zero-order valence-corrected chi connectivity index (χ0v) is 17.1. The molecule has 1 unspecified atom stereocenters. The zero-order valence-electron chi connectivity index (χ0n) is 17.1. The van der Waals surface area contributed by atoms with Gasteiger partial charge in [0.05, 0.1) is 26.4 Å². The number of nitrogens with one attached hydrogen (secondary N) is 1. The monoisotopic (exact) mass is 397 g/mol. The number of fused-ring (bicyclic) bond motifs is 1. The maximum atomic E-state index is 12.3. The number of rotatable bonds is 10. The first-order valence-corrected chi connectivity index (χ1v) is 9.82. The van der Waals surface area contributed by atoms with E-state index in [1.54, 1.807) is 7.11 Å². The van der Waals surface area contributed by atoms with Crippen LogP contribution in [0.25, 0.3) is 11.0 Å². The van der Waals surface area contributed by atoms with Crippen molar-refractivity contribution in [1.82, 2.24) is 5.32 Å². The first kappa shape index (κ1) is 20.6. The van der Waals surface area contributed by atoms with E-state index in [2.05, 4.69) is 5.32 Å². The highest BCUT2D eigenvalue weighted by atomic mass is 16.5. The first-order chi connectivity index (χ1) is 14.1. The van der Waals surface area contributed by atoms with Crippen LogP contribution in [0.5, 0.6) is 17.2 Å². The van der Waals surface area contributed by atoms with Gasteiger partial charge in [-0.05, 0) is 44.5 Å². The molecule has 0 aliphatic heterocycles. The summed E-state index contributed by atoms with van der Waals surface area (Å²) in [5.74, 6) is 2.73. The van der Waals surface area contributed by atoms with Gasteiger partial charge in [0.25, 0.3) is 0 Å². The molecular weight excluding hydrogens is 370 g/mol. The Morgan fingerprint density at radius 3 is 2.52 bits per heavy atom. The molecular formula is C23H27NO5. The van der Waals surface area contributed by atoms with Gasteiger partial charge in [0, 0.05) is 11.8 Å². The summed E-state index contributed by atoms with van der Waals surface area (Å²) in [7, 11) is 1.61. The quantitative estimate of drug-likeness (QED) is 0.494. The molecule has 0 radical (unpaired) electrons. The molecule has 3 aromatic rings. The number of furan rings is 1. The van der Waals surface area contributed by atoms with Gasteiger partial charge in [0.15, 0.2) is 22.8 Å². The average Bonchev–Trinajstić information content (AvgIpc) is 3.17. The smallest absolute Gasteiger partial charge is 0.220 e. The van der Waals surface area contributed by atoms with Crippen LogP contribution in [0.2, 0.25) is 0 Å². The Morgan fingerprint density at radius 2 is 1.79 bits per heavy atom. The van der Waals surface area contributed by atoms with Crippen molar-refractivity contribution in [1.29, 1.82) is 0 Å². The van der Waals surface area contributed by atoms with E-state index >= 15 is 0 Å². The molecule has 1 heterocycles. The summed E-state index contributed by atoms with van der Waals surface area (Å²) in [5, 5.41) is 3.92. The van der Waals surface area contributed by atoms with E-state index in [0.717, 1.165) is 5.39 Å². The molecule has 1 amide bonds. The molecule has 0 aliphatic rings. The van der Waals surface area contributed by atoms with Crippen LogP contribution < -0.4 is 19.5 Å². The zero-order chi connectivity index (χ0) is 20.6. The molecule has 6 nitrogen and oxygen atoms in total. The third kappa shape index (κ3) is 5.22. The van der Waals surface area contributed by atoms with Gasteiger partial charge in [-0.2, -0.15) is 0 Å². The van der Waals surface area contributed by atoms with Gasteiger partial charge in [-0.15, -0.1) is 0 Å². The summed E-state index contributed by atoms with van der Waals surface area (Å²) in [6.45, 7) is 4.85. The first-order valence-electron chi connectivity index (χ1n) is 9.82. The third-order valence-electron chi connectivity index (χ3n) is 4.51. The fraction of sp³-hybridized carbons (Fsp3) is 0.348. The van der Waals surface area contributed by atoms with E-state index in [1.807, 2.05) is 62.4 Å². The molecule has 6 heteroatoms. The van der Waals surface area contributed by atoms with Crippen molar-refractivity contribution in [2.24, 2.45) is 0 Å². The number of amides is 1. The van der Waals surface area contributed by atoms with Crippen LogP contribution >= 0.6 is 0 Å². The van der Waals surface area contributed by atoms with Crippen LogP contribution in [0.1, 0.15) is 38.5 Å². The number of hydrogen-bond acceptors (Lipinski definition) is 5. The van der Waals surface area contributed by atoms with Crippen LogP contribution in [-0.2, 0) is 4.79 Å². The highest BCUT2D eigenvalue weighted by Gasteiger charge is 2.16. The second-order valence-corrected chi connectivity index (χ2v) is 6.65. The van der Waals surface area contributed by atoms with E-state index in [9.17, 15) is 4.79 Å². The van der Waals surface area contributed by atoms with Crippen molar-refractivity contribution < 1.29 is 23.4 Å². The molecule has 2 aromatic carbocycles. The number of hydrogen-bond donors (Lipinski definition) is 1. The van der Waals surface area contributed by atoms with Crippen LogP contribution in [0.3, 0.4) is 0 Å². The summed E-state index contributed by atoms with van der Waals surface area (Å²) in [4.78, 5) is 12.3. The fourth-order valence-electron chi connectivity index (χ4n) is 3.07. The Bertz CT molecular complexity index is 949. The Morgan fingerprint density at radius 1 is 1.07 bits per heavy atom. The third-order valence-corrected chi connectivity index (χ3v) is 4.51. The lowest BCUT2D eigenvalue weighted by Gasteiger charge is -2.13. The Kier molecular flexibility index (Phi) is 7.00. The van der Waals surface area contributed by atoms with Crippen LogP contribution in [0, 0.1) is 0 Å². The minimum atomic E-state index is -0.237. The predicted octanol–water partition coefficient (Wildman–Crippen LogP) is 4.88. The topological polar surface area (TPSA) is 69.9 Å². The number of methoxy groups -OCH3 is 1. The van der Waals surface area contributed by atoms with Gasteiger partial charge in [-0.1, -0.05) is 24.3 Å². The molecule has 29 heavy (non-hydrogen) atoms. The maximum Gasteiger partial charge on any atom is 0.220 e. The molecule has 1 aromatic heterocycles. The Hall–Kier alpha value is -3.15. The number of ether oxygens (including phenoxy) is 3. The van der Waals surface area contributed by atoms with E-state index in [4.69, 9.17) is 18.6 Å². The lowest BCUT2D eigenvalue weighted by molar-refractivity contribution is -0.122. The number of carbonyl (C=O) groups excluding carboxylic acids is 1. The maximum absolute atomic E-state index is 12.3. The molecule has 0 fully saturated rings. The van der Waals surface area contributed by atoms with Crippen LogP contribution in [0.4, 0.5) is 0 Å². The summed E-state index contributed by atoms with van der Waals surface area (Å²) in [6, 6.07) is 14.9. The van der Waals surface area contributed by atoms with Gasteiger partial charge in [0.2, 0.25) is 5.91 Å². The standard InChI is InChI=1S/C23H27NO5/c1-4-27-18-10-5-6-11-19(18)28-14-8-13-22(25)24-16(2)21-15-17-9-7-12-20(26-3)23(17)29-21/h5-7,9-12,15-16H,4,8,13-14H2,1-3H3,(H,24,25). The Labute approximate surface area is 170 Å². The minimum absolute atomic E-state index is 0.0494. The van der Waals surface area contributed by atoms with Gasteiger partial charge < -0.3 is 23.9 Å². The molecule has 0 saturated heterocycles. The van der Waals surface area contributed by atoms with Crippen molar-refractivity contribution >= 4 is 16.9 Å². The Balaban J connectivity index is 1.48. The van der Waals surface area contributed by atoms with Crippen molar-refractivity contribution in [3.63, 3.8) is 0 Å². The highest BCUT2D eigenvalue weighted by molar-refractivity contribution is 5.84. The van der Waals surface area contributed by atoms with E-state index in [-0.39, 0.29) is 11.9 Å². The summed E-state index contributed by atoms with van der Waals surface area (Å²) in [6.07, 6.45) is 0.970. The van der Waals surface area contributed by atoms with Gasteiger partial charge >= 0.3 is 0 Å². The van der Waals surface area contributed by atoms with Gasteiger partial charge in [0.1, 0.15) is 5.76 Å². The lowest BCUT2D eigenvalue weighted by Crippen LogP contribution is -2.26. The molecule has 0 aliphatic carbocycles. The molecule has 154 valence electrons. The van der Waals surface area contributed by atoms with Gasteiger partial charge in [-0.3, -0.25) is 4.79 Å². The van der Waals surface area contributed by atoms with Crippen LogP contribution in [-0.4, -0.2) is 26.2 Å². The predicted molar refractivity (Wildman–Crippen MR) is 112 cm³/mol. The largest absolute Gasteiger partial charge is 0.493 e.